The van der Waals surface area contributed by atoms with Gasteiger partial charge in [-0.2, -0.15) is 4.98 Å². The van der Waals surface area contributed by atoms with Crippen molar-refractivity contribution in [3.63, 3.8) is 0 Å². The molecular weight excluding hydrogens is 284 g/mol. The number of halogens is 1. The van der Waals surface area contributed by atoms with Gasteiger partial charge in [-0.25, -0.2) is 4.98 Å². The summed E-state index contributed by atoms with van der Waals surface area (Å²) in [4.78, 5) is 18.3. The third-order valence-corrected chi connectivity index (χ3v) is 2.62. The van der Waals surface area contributed by atoms with Crippen molar-refractivity contribution in [2.75, 3.05) is 11.9 Å². The Balaban J connectivity index is 2.27. The second-order valence-corrected chi connectivity index (χ2v) is 4.13. The Morgan fingerprint density at radius 1 is 1.45 bits per heavy atom. The van der Waals surface area contributed by atoms with Crippen LogP contribution in [-0.2, 0) is 0 Å². The minimum atomic E-state index is -0.521. The number of non-ortho nitro benzene ring substituents is 1. The lowest BCUT2D eigenvalue weighted by Gasteiger charge is -2.07. The Morgan fingerprint density at radius 3 is 2.95 bits per heavy atom. The van der Waals surface area contributed by atoms with Gasteiger partial charge in [0, 0.05) is 24.9 Å². The van der Waals surface area contributed by atoms with Gasteiger partial charge in [0.15, 0.2) is 5.75 Å². The van der Waals surface area contributed by atoms with Crippen LogP contribution in [0.25, 0.3) is 0 Å². The van der Waals surface area contributed by atoms with Gasteiger partial charge in [-0.1, -0.05) is 11.6 Å². The number of aromatic nitrogens is 2. The van der Waals surface area contributed by atoms with Gasteiger partial charge in [0.2, 0.25) is 11.8 Å². The zero-order chi connectivity index (χ0) is 14.5. The van der Waals surface area contributed by atoms with Crippen LogP contribution >= 0.6 is 11.6 Å². The summed E-state index contributed by atoms with van der Waals surface area (Å²) in [5, 5.41) is 13.9. The number of anilines is 1. The van der Waals surface area contributed by atoms with Gasteiger partial charge in [-0.15, -0.1) is 0 Å². The summed E-state index contributed by atoms with van der Waals surface area (Å²) in [5.41, 5.74) is -0.106. The van der Waals surface area contributed by atoms with Crippen LogP contribution in [0.4, 0.5) is 11.6 Å². The lowest BCUT2D eigenvalue weighted by atomic mass is 10.3. The maximum Gasteiger partial charge on any atom is 0.273 e. The lowest BCUT2D eigenvalue weighted by molar-refractivity contribution is -0.384. The van der Waals surface area contributed by atoms with Crippen LogP contribution in [-0.4, -0.2) is 21.4 Å². The van der Waals surface area contributed by atoms with Crippen molar-refractivity contribution >= 4 is 23.2 Å². The fourth-order valence-corrected chi connectivity index (χ4v) is 1.59. The van der Waals surface area contributed by atoms with Gasteiger partial charge < -0.3 is 10.1 Å². The first-order chi connectivity index (χ1) is 9.60. The molecule has 0 aliphatic rings. The van der Waals surface area contributed by atoms with E-state index in [0.29, 0.717) is 12.5 Å². The van der Waals surface area contributed by atoms with Crippen LogP contribution in [0.5, 0.6) is 11.6 Å². The summed E-state index contributed by atoms with van der Waals surface area (Å²) in [6.07, 6.45) is 1.52. The predicted octanol–water partition coefficient (Wildman–Crippen LogP) is 3.26. The molecule has 0 radical (unpaired) electrons. The number of nitrogens with zero attached hydrogens (tertiary/aromatic N) is 3. The number of nitro groups is 1. The van der Waals surface area contributed by atoms with Crippen molar-refractivity contribution in [3.05, 3.63) is 45.6 Å². The number of nitrogens with one attached hydrogen (secondary N) is 1. The monoisotopic (exact) mass is 294 g/mol. The van der Waals surface area contributed by atoms with Crippen molar-refractivity contribution in [2.45, 2.75) is 6.92 Å². The number of benzene rings is 1. The molecule has 8 heteroatoms. The van der Waals surface area contributed by atoms with Gasteiger partial charge in [0.05, 0.1) is 16.0 Å². The van der Waals surface area contributed by atoms with Gasteiger partial charge in [-0.05, 0) is 13.0 Å². The SMILES string of the molecule is CCNc1nccc(Oc2cc([N+](=O)[O-])ccc2Cl)n1. The number of rotatable bonds is 5. The largest absolute Gasteiger partial charge is 0.437 e. The van der Waals surface area contributed by atoms with Crippen LogP contribution in [0.1, 0.15) is 6.92 Å². The van der Waals surface area contributed by atoms with E-state index in [1.165, 1.54) is 30.5 Å². The first-order valence-corrected chi connectivity index (χ1v) is 6.16. The van der Waals surface area contributed by atoms with Crippen LogP contribution < -0.4 is 10.1 Å². The zero-order valence-corrected chi connectivity index (χ0v) is 11.3. The Labute approximate surface area is 119 Å². The molecule has 0 fully saturated rings. The summed E-state index contributed by atoms with van der Waals surface area (Å²) < 4.78 is 5.46. The molecule has 0 saturated carbocycles. The summed E-state index contributed by atoms with van der Waals surface area (Å²) in [7, 11) is 0. The highest BCUT2D eigenvalue weighted by Crippen LogP contribution is 2.32. The molecule has 1 heterocycles. The van der Waals surface area contributed by atoms with E-state index in [4.69, 9.17) is 16.3 Å². The standard InChI is InChI=1S/C12H11ClN4O3/c1-2-14-12-15-6-5-11(16-12)20-10-7-8(17(18)19)3-4-9(10)13/h3-7H,2H2,1H3,(H,14,15,16). The predicted molar refractivity (Wildman–Crippen MR) is 74.4 cm³/mol. The van der Waals surface area contributed by atoms with E-state index >= 15 is 0 Å². The topological polar surface area (TPSA) is 90.2 Å². The smallest absolute Gasteiger partial charge is 0.273 e. The molecule has 0 amide bonds. The second-order valence-electron chi connectivity index (χ2n) is 3.72. The van der Waals surface area contributed by atoms with Crippen LogP contribution in [0.3, 0.4) is 0 Å². The third-order valence-electron chi connectivity index (χ3n) is 2.31. The molecule has 0 atom stereocenters. The molecule has 0 bridgehead atoms. The van der Waals surface area contributed by atoms with Crippen molar-refractivity contribution in [3.8, 4) is 11.6 Å². The first-order valence-electron chi connectivity index (χ1n) is 5.79. The molecule has 1 N–H and O–H groups in total. The zero-order valence-electron chi connectivity index (χ0n) is 10.5. The van der Waals surface area contributed by atoms with E-state index in [0.717, 1.165) is 0 Å². The van der Waals surface area contributed by atoms with E-state index in [2.05, 4.69) is 15.3 Å². The van der Waals surface area contributed by atoms with Gasteiger partial charge in [0.1, 0.15) is 0 Å². The molecule has 1 aromatic carbocycles. The average Bonchev–Trinajstić information content (AvgIpc) is 2.42. The third kappa shape index (κ3) is 3.33. The molecule has 0 unspecified atom stereocenters. The van der Waals surface area contributed by atoms with Crippen molar-refractivity contribution in [1.29, 1.82) is 0 Å². The number of ether oxygens (including phenoxy) is 1. The maximum absolute atomic E-state index is 10.7. The number of hydrogen-bond acceptors (Lipinski definition) is 6. The molecule has 0 saturated heterocycles. The summed E-state index contributed by atoms with van der Waals surface area (Å²) >= 11 is 5.95. The highest BCUT2D eigenvalue weighted by molar-refractivity contribution is 6.32. The van der Waals surface area contributed by atoms with E-state index in [1.54, 1.807) is 0 Å². The van der Waals surface area contributed by atoms with E-state index in [9.17, 15) is 10.1 Å². The highest BCUT2D eigenvalue weighted by Gasteiger charge is 2.12. The van der Waals surface area contributed by atoms with Crippen LogP contribution in [0.15, 0.2) is 30.5 Å². The Morgan fingerprint density at radius 2 is 2.25 bits per heavy atom. The summed E-state index contributed by atoms with van der Waals surface area (Å²) in [6, 6.07) is 5.49. The molecule has 2 aromatic rings. The van der Waals surface area contributed by atoms with Gasteiger partial charge in [-0.3, -0.25) is 10.1 Å². The Hall–Kier alpha value is -2.41. The number of hydrogen-bond donors (Lipinski definition) is 1. The van der Waals surface area contributed by atoms with Crippen molar-refractivity contribution < 1.29 is 9.66 Å². The fourth-order valence-electron chi connectivity index (χ4n) is 1.44. The first kappa shape index (κ1) is 14.0. The quantitative estimate of drug-likeness (QED) is 0.672. The van der Waals surface area contributed by atoms with E-state index < -0.39 is 4.92 Å². The van der Waals surface area contributed by atoms with E-state index in [-0.39, 0.29) is 22.3 Å². The normalized spacial score (nSPS) is 10.1. The maximum atomic E-state index is 10.7. The molecule has 7 nitrogen and oxygen atoms in total. The minimum Gasteiger partial charge on any atom is -0.437 e. The summed E-state index contributed by atoms with van der Waals surface area (Å²) in [6.45, 7) is 2.58. The molecule has 2 rings (SSSR count). The van der Waals surface area contributed by atoms with Crippen molar-refractivity contribution in [1.82, 2.24) is 9.97 Å². The van der Waals surface area contributed by atoms with Crippen LogP contribution in [0, 0.1) is 10.1 Å². The van der Waals surface area contributed by atoms with Gasteiger partial charge in [0.25, 0.3) is 5.69 Å². The molecule has 104 valence electrons. The average molecular weight is 295 g/mol. The Bertz CT molecular complexity index is 636. The fraction of sp³-hybridized carbons (Fsp3) is 0.167. The molecule has 0 aliphatic heterocycles. The summed E-state index contributed by atoms with van der Waals surface area (Å²) in [5.74, 6) is 0.826. The van der Waals surface area contributed by atoms with Gasteiger partial charge >= 0.3 is 0 Å². The Kier molecular flexibility index (Phi) is 4.31. The van der Waals surface area contributed by atoms with Crippen molar-refractivity contribution in [2.24, 2.45) is 0 Å². The minimum absolute atomic E-state index is 0.106. The molecule has 1 aromatic heterocycles. The van der Waals surface area contributed by atoms with E-state index in [1.807, 2.05) is 6.92 Å². The van der Waals surface area contributed by atoms with Crippen LogP contribution in [0.2, 0.25) is 5.02 Å². The lowest BCUT2D eigenvalue weighted by Crippen LogP contribution is -2.02. The molecule has 20 heavy (non-hydrogen) atoms. The molecule has 0 aliphatic carbocycles. The second kappa shape index (κ2) is 6.16. The molecular formula is C12H11ClN4O3. The molecule has 0 spiro atoms. The highest BCUT2D eigenvalue weighted by atomic mass is 35.5. The number of nitro benzene ring substituents is 1.